The molecule has 7 rings (SSSR count). The van der Waals surface area contributed by atoms with Gasteiger partial charge in [-0.3, -0.25) is 0 Å². The van der Waals surface area contributed by atoms with E-state index in [-0.39, 0.29) is 20.1 Å². The second-order valence-electron chi connectivity index (χ2n) is 10.8. The zero-order valence-corrected chi connectivity index (χ0v) is 25.4. The number of fused-ring (bicyclic) bond motifs is 3. The molecule has 1 radical (unpaired) electrons. The summed E-state index contributed by atoms with van der Waals surface area (Å²) in [6.07, 6.45) is 0. The van der Waals surface area contributed by atoms with E-state index in [9.17, 15) is 0 Å². The van der Waals surface area contributed by atoms with Crippen molar-refractivity contribution in [3.05, 3.63) is 138 Å². The summed E-state index contributed by atoms with van der Waals surface area (Å²) in [6, 6.07) is 43.2. The minimum absolute atomic E-state index is 0. The van der Waals surface area contributed by atoms with E-state index < -0.39 is 5.41 Å². The van der Waals surface area contributed by atoms with E-state index in [2.05, 4.69) is 110 Å². The van der Waals surface area contributed by atoms with Crippen LogP contribution in [0.3, 0.4) is 0 Å². The summed E-state index contributed by atoms with van der Waals surface area (Å²) in [5.41, 5.74) is 7.87. The third kappa shape index (κ3) is 4.61. The van der Waals surface area contributed by atoms with Crippen molar-refractivity contribution in [1.82, 2.24) is 14.8 Å². The van der Waals surface area contributed by atoms with Crippen LogP contribution in [0.25, 0.3) is 50.1 Å². The van der Waals surface area contributed by atoms with Gasteiger partial charge in [0.25, 0.3) is 0 Å². The fourth-order valence-corrected chi connectivity index (χ4v) is 5.59. The molecule has 203 valence electrons. The fraction of sp³-hybridized carbons (Fsp3) is 0.111. The number of rotatable bonds is 5. The molecule has 5 heteroatoms. The third-order valence-corrected chi connectivity index (χ3v) is 7.81. The van der Waals surface area contributed by atoms with E-state index in [1.807, 2.05) is 36.4 Å². The van der Waals surface area contributed by atoms with E-state index in [0.717, 1.165) is 50.4 Å². The number of para-hydroxylation sites is 1. The Morgan fingerprint density at radius 3 is 2.17 bits per heavy atom. The molecule has 0 aliphatic rings. The van der Waals surface area contributed by atoms with Gasteiger partial charge < -0.3 is 8.98 Å². The van der Waals surface area contributed by atoms with Gasteiger partial charge in [-0.25, -0.2) is 0 Å². The molecule has 0 spiro atoms. The van der Waals surface area contributed by atoms with Crippen LogP contribution in [0.5, 0.6) is 0 Å². The van der Waals surface area contributed by atoms with Gasteiger partial charge in [-0.05, 0) is 61.2 Å². The minimum atomic E-state index is -0.399. The Hall–Kier alpha value is -4.31. The summed E-state index contributed by atoms with van der Waals surface area (Å²) >= 11 is 0. The SMILES string of the molecule is Cc1cc(-c2ccccc2)ccc1-n1c(-c2[c-]cc3oc4ccccc4c3c2)nnc1C(C)(C)c1ccccc1.[Ir]. The zero-order chi connectivity index (χ0) is 27.3. The van der Waals surface area contributed by atoms with Gasteiger partial charge >= 0.3 is 0 Å². The molecule has 5 aromatic carbocycles. The van der Waals surface area contributed by atoms with Crippen LogP contribution in [-0.4, -0.2) is 14.8 Å². The van der Waals surface area contributed by atoms with Crippen molar-refractivity contribution >= 4 is 21.9 Å². The molecular weight excluding hydrogens is 683 g/mol. The molecule has 0 bridgehead atoms. The van der Waals surface area contributed by atoms with E-state index in [4.69, 9.17) is 14.6 Å². The van der Waals surface area contributed by atoms with Gasteiger partial charge in [-0.15, -0.1) is 28.9 Å². The first-order valence-electron chi connectivity index (χ1n) is 13.5. The Morgan fingerprint density at radius 1 is 0.707 bits per heavy atom. The summed E-state index contributed by atoms with van der Waals surface area (Å²) in [5.74, 6) is 1.62. The number of aromatic nitrogens is 3. The van der Waals surface area contributed by atoms with Crippen LogP contribution in [0.1, 0.15) is 30.8 Å². The van der Waals surface area contributed by atoms with Crippen LogP contribution < -0.4 is 0 Å². The van der Waals surface area contributed by atoms with Gasteiger partial charge in [0.1, 0.15) is 11.4 Å². The maximum atomic E-state index is 6.08. The quantitative estimate of drug-likeness (QED) is 0.168. The predicted molar refractivity (Wildman–Crippen MR) is 162 cm³/mol. The Balaban J connectivity index is 0.00000302. The number of furan rings is 1. The van der Waals surface area contributed by atoms with Gasteiger partial charge in [-0.2, -0.15) is 5.10 Å². The molecule has 0 aliphatic carbocycles. The maximum absolute atomic E-state index is 6.08. The van der Waals surface area contributed by atoms with Gasteiger partial charge in [0.15, 0.2) is 0 Å². The van der Waals surface area contributed by atoms with E-state index in [0.29, 0.717) is 0 Å². The smallest absolute Gasteiger partial charge is 0.138 e. The third-order valence-electron chi connectivity index (χ3n) is 7.81. The number of hydrogen-bond donors (Lipinski definition) is 0. The first-order valence-corrected chi connectivity index (χ1v) is 13.5. The van der Waals surface area contributed by atoms with Crippen LogP contribution in [0, 0.1) is 13.0 Å². The largest absolute Gasteiger partial charge is 0.500 e. The van der Waals surface area contributed by atoms with Crippen LogP contribution in [0.15, 0.2) is 120 Å². The van der Waals surface area contributed by atoms with Gasteiger partial charge in [0, 0.05) is 36.6 Å². The second kappa shape index (κ2) is 10.6. The molecule has 0 saturated carbocycles. The van der Waals surface area contributed by atoms with Crippen LogP contribution in [0.4, 0.5) is 0 Å². The van der Waals surface area contributed by atoms with E-state index in [1.165, 1.54) is 16.7 Å². The Morgan fingerprint density at radius 2 is 1.41 bits per heavy atom. The molecule has 41 heavy (non-hydrogen) atoms. The Labute approximate surface area is 253 Å². The molecule has 0 aliphatic heterocycles. The van der Waals surface area contributed by atoms with Gasteiger partial charge in [-0.1, -0.05) is 90.3 Å². The predicted octanol–water partition coefficient (Wildman–Crippen LogP) is 8.93. The van der Waals surface area contributed by atoms with Crippen molar-refractivity contribution in [2.45, 2.75) is 26.2 Å². The van der Waals surface area contributed by atoms with Crippen molar-refractivity contribution in [3.8, 4) is 28.2 Å². The van der Waals surface area contributed by atoms with Crippen molar-refractivity contribution in [2.75, 3.05) is 0 Å². The molecule has 2 aromatic heterocycles. The van der Waals surface area contributed by atoms with Crippen molar-refractivity contribution < 1.29 is 24.5 Å². The van der Waals surface area contributed by atoms with E-state index in [1.54, 1.807) is 0 Å². The maximum Gasteiger partial charge on any atom is 0.138 e. The molecule has 0 saturated heterocycles. The topological polar surface area (TPSA) is 43.9 Å². The van der Waals surface area contributed by atoms with Gasteiger partial charge in [0.2, 0.25) is 0 Å². The Bertz CT molecular complexity index is 1990. The number of aryl methyl sites for hydroxylation is 1. The normalized spacial score (nSPS) is 11.6. The molecule has 0 N–H and O–H groups in total. The summed E-state index contributed by atoms with van der Waals surface area (Å²) in [5, 5.41) is 11.8. The van der Waals surface area contributed by atoms with Crippen LogP contribution >= 0.6 is 0 Å². The number of benzene rings is 5. The summed E-state index contributed by atoms with van der Waals surface area (Å²) in [7, 11) is 0. The monoisotopic (exact) mass is 711 g/mol. The Kier molecular flexibility index (Phi) is 6.94. The van der Waals surface area contributed by atoms with E-state index >= 15 is 0 Å². The van der Waals surface area contributed by atoms with Crippen LogP contribution in [-0.2, 0) is 25.5 Å². The first kappa shape index (κ1) is 26.9. The average molecular weight is 711 g/mol. The zero-order valence-electron chi connectivity index (χ0n) is 23.1. The van der Waals surface area contributed by atoms with Gasteiger partial charge in [0.05, 0.1) is 11.4 Å². The minimum Gasteiger partial charge on any atom is -0.500 e. The molecule has 4 nitrogen and oxygen atoms in total. The first-order chi connectivity index (χ1) is 19.5. The average Bonchev–Trinajstić information content (AvgIpc) is 3.60. The number of nitrogens with zero attached hydrogens (tertiary/aromatic N) is 3. The summed E-state index contributed by atoms with van der Waals surface area (Å²) in [4.78, 5) is 0. The molecule has 2 heterocycles. The second-order valence-corrected chi connectivity index (χ2v) is 10.8. The summed E-state index contributed by atoms with van der Waals surface area (Å²) in [6.45, 7) is 6.56. The molecule has 0 atom stereocenters. The molecule has 0 amide bonds. The van der Waals surface area contributed by atoms with Crippen molar-refractivity contribution in [3.63, 3.8) is 0 Å². The number of hydrogen-bond acceptors (Lipinski definition) is 3. The fourth-order valence-electron chi connectivity index (χ4n) is 5.59. The molecule has 0 fully saturated rings. The molecule has 0 unspecified atom stereocenters. The molecular formula is C36H28IrN3O-. The molecule has 7 aromatic rings. The van der Waals surface area contributed by atoms with Crippen molar-refractivity contribution in [2.24, 2.45) is 0 Å². The standard InChI is InChI=1S/C36H28N3O.Ir/c1-24-22-26(25-12-6-4-7-13-25)18-20-31(24)39-34(37-38-35(39)36(2,3)28-14-8-5-9-15-28)27-19-21-33-30(23-27)29-16-10-11-17-32(29)40-33;/h4-18,20-23H,1-3H3;/q-1;. The van der Waals surface area contributed by atoms with Crippen LogP contribution in [0.2, 0.25) is 0 Å². The van der Waals surface area contributed by atoms with Crippen molar-refractivity contribution in [1.29, 1.82) is 0 Å². The summed E-state index contributed by atoms with van der Waals surface area (Å²) < 4.78 is 8.28.